The molecular formula is C20H29NO4S. The molecule has 1 spiro atoms. The van der Waals surface area contributed by atoms with Crippen LogP contribution in [0.15, 0.2) is 24.3 Å². The second kappa shape index (κ2) is 6.87. The molecule has 0 heterocycles. The smallest absolute Gasteiger partial charge is 0.230 e. The number of carbonyl (C=O) groups excluding carboxylic acids is 1. The van der Waals surface area contributed by atoms with Gasteiger partial charge < -0.3 is 10.1 Å². The Balaban J connectivity index is 1.74. The van der Waals surface area contributed by atoms with E-state index in [9.17, 15) is 13.2 Å². The Morgan fingerprint density at radius 1 is 1.23 bits per heavy atom. The molecule has 0 radical (unpaired) electrons. The van der Waals surface area contributed by atoms with Crippen molar-refractivity contribution in [2.45, 2.75) is 56.9 Å². The summed E-state index contributed by atoms with van der Waals surface area (Å²) in [4.78, 5) is 13.2. The molecule has 1 aromatic carbocycles. The van der Waals surface area contributed by atoms with Crippen molar-refractivity contribution in [1.82, 2.24) is 5.32 Å². The van der Waals surface area contributed by atoms with Gasteiger partial charge >= 0.3 is 0 Å². The van der Waals surface area contributed by atoms with Gasteiger partial charge in [0.05, 0.1) is 18.3 Å². The van der Waals surface area contributed by atoms with E-state index in [2.05, 4.69) is 5.32 Å². The Morgan fingerprint density at radius 3 is 2.31 bits per heavy atom. The van der Waals surface area contributed by atoms with Gasteiger partial charge in [-0.25, -0.2) is 8.42 Å². The Kier molecular flexibility index (Phi) is 5.08. The largest absolute Gasteiger partial charge is 0.497 e. The maximum atomic E-state index is 13.2. The molecule has 26 heavy (non-hydrogen) atoms. The van der Waals surface area contributed by atoms with E-state index in [4.69, 9.17) is 4.74 Å². The third-order valence-electron chi connectivity index (χ3n) is 6.14. The summed E-state index contributed by atoms with van der Waals surface area (Å²) in [6.45, 7) is 1.88. The summed E-state index contributed by atoms with van der Waals surface area (Å²) >= 11 is 0. The van der Waals surface area contributed by atoms with E-state index in [1.807, 2.05) is 31.2 Å². The van der Waals surface area contributed by atoms with Gasteiger partial charge in [-0.1, -0.05) is 18.6 Å². The highest BCUT2D eigenvalue weighted by atomic mass is 32.2. The first kappa shape index (κ1) is 19.2. The number of amides is 1. The van der Waals surface area contributed by atoms with E-state index in [0.717, 1.165) is 24.2 Å². The molecule has 1 amide bonds. The molecule has 2 saturated carbocycles. The van der Waals surface area contributed by atoms with Gasteiger partial charge in [-0.15, -0.1) is 0 Å². The van der Waals surface area contributed by atoms with E-state index in [0.29, 0.717) is 11.8 Å². The first-order valence-corrected chi connectivity index (χ1v) is 11.4. The maximum Gasteiger partial charge on any atom is 0.230 e. The van der Waals surface area contributed by atoms with Crippen LogP contribution in [0.3, 0.4) is 0 Å². The number of methoxy groups -OCH3 is 1. The van der Waals surface area contributed by atoms with Crippen LogP contribution in [0.4, 0.5) is 0 Å². The number of ether oxygens (including phenoxy) is 1. The van der Waals surface area contributed by atoms with Gasteiger partial charge in [0.1, 0.15) is 15.6 Å². The van der Waals surface area contributed by atoms with E-state index < -0.39 is 15.3 Å². The predicted octanol–water partition coefficient (Wildman–Crippen LogP) is 2.84. The first-order valence-electron chi connectivity index (χ1n) is 9.31. The maximum absolute atomic E-state index is 13.2. The molecular weight excluding hydrogens is 350 g/mol. The van der Waals surface area contributed by atoms with Gasteiger partial charge in [0.2, 0.25) is 5.91 Å². The summed E-state index contributed by atoms with van der Waals surface area (Å²) in [5.41, 5.74) is 0.878. The number of hydrogen-bond acceptors (Lipinski definition) is 4. The Hall–Kier alpha value is -1.56. The van der Waals surface area contributed by atoms with Gasteiger partial charge in [-0.05, 0) is 62.1 Å². The second-order valence-corrected chi connectivity index (χ2v) is 10.6. The first-order chi connectivity index (χ1) is 12.2. The van der Waals surface area contributed by atoms with Crippen LogP contribution >= 0.6 is 0 Å². The number of hydrogen-bond donors (Lipinski definition) is 1. The molecule has 3 rings (SSSR count). The third kappa shape index (κ3) is 3.75. The average Bonchev–Trinajstić information content (AvgIpc) is 2.50. The number of benzene rings is 1. The van der Waals surface area contributed by atoms with Crippen LogP contribution in [-0.2, 0) is 20.0 Å². The van der Waals surface area contributed by atoms with Crippen LogP contribution in [0, 0.1) is 5.41 Å². The molecule has 1 unspecified atom stereocenters. The molecule has 144 valence electrons. The molecule has 1 aromatic rings. The summed E-state index contributed by atoms with van der Waals surface area (Å²) in [6, 6.07) is 7.63. The zero-order chi connectivity index (χ0) is 19.0. The van der Waals surface area contributed by atoms with Crippen LogP contribution in [0.2, 0.25) is 0 Å². The fourth-order valence-corrected chi connectivity index (χ4v) is 5.27. The zero-order valence-corrected chi connectivity index (χ0v) is 16.7. The van der Waals surface area contributed by atoms with Crippen molar-refractivity contribution in [2.75, 3.05) is 19.1 Å². The van der Waals surface area contributed by atoms with Gasteiger partial charge in [0.25, 0.3) is 0 Å². The van der Waals surface area contributed by atoms with Crippen molar-refractivity contribution in [3.8, 4) is 5.75 Å². The van der Waals surface area contributed by atoms with Crippen LogP contribution in [0.5, 0.6) is 5.75 Å². The minimum Gasteiger partial charge on any atom is -0.497 e. The molecule has 2 aliphatic rings. The SMILES string of the molecule is COc1ccc(C2(C(=O)NC(C)CCS(C)(=O)=O)CC3(CCC3)C2)cc1. The molecule has 0 aromatic heterocycles. The number of carbonyl (C=O) groups is 1. The van der Waals surface area contributed by atoms with Crippen molar-refractivity contribution < 1.29 is 17.9 Å². The lowest BCUT2D eigenvalue weighted by Gasteiger charge is -2.60. The van der Waals surface area contributed by atoms with Crippen molar-refractivity contribution >= 4 is 15.7 Å². The Labute approximate surface area is 156 Å². The summed E-state index contributed by atoms with van der Waals surface area (Å²) < 4.78 is 28.0. The molecule has 1 atom stereocenters. The van der Waals surface area contributed by atoms with E-state index >= 15 is 0 Å². The molecule has 5 nitrogen and oxygen atoms in total. The molecule has 0 saturated heterocycles. The van der Waals surface area contributed by atoms with E-state index in [1.165, 1.54) is 25.5 Å². The number of sulfone groups is 1. The lowest BCUT2D eigenvalue weighted by atomic mass is 9.43. The average molecular weight is 380 g/mol. The zero-order valence-electron chi connectivity index (χ0n) is 15.9. The predicted molar refractivity (Wildman–Crippen MR) is 102 cm³/mol. The highest BCUT2D eigenvalue weighted by Gasteiger charge is 2.61. The van der Waals surface area contributed by atoms with Gasteiger partial charge in [0, 0.05) is 12.3 Å². The summed E-state index contributed by atoms with van der Waals surface area (Å²) in [5.74, 6) is 0.901. The monoisotopic (exact) mass is 379 g/mol. The molecule has 0 aliphatic heterocycles. The molecule has 6 heteroatoms. The van der Waals surface area contributed by atoms with E-state index in [1.54, 1.807) is 7.11 Å². The van der Waals surface area contributed by atoms with Crippen LogP contribution in [0.1, 0.15) is 51.0 Å². The standard InChI is InChI=1S/C20H29NO4S/c1-15(9-12-26(3,23)24)21-18(22)20(13-19(14-20)10-4-11-19)16-5-7-17(25-2)8-6-16/h5-8,15H,4,9-14H2,1-3H3,(H,21,22). The molecule has 1 N–H and O–H groups in total. The normalized spacial score (nSPS) is 21.3. The summed E-state index contributed by atoms with van der Waals surface area (Å²) in [7, 11) is -1.39. The van der Waals surface area contributed by atoms with Gasteiger partial charge in [-0.2, -0.15) is 0 Å². The fourth-order valence-electron chi connectivity index (χ4n) is 4.49. The topological polar surface area (TPSA) is 72.5 Å². The number of rotatable bonds is 7. The minimum atomic E-state index is -3.02. The highest BCUT2D eigenvalue weighted by Crippen LogP contribution is 2.65. The van der Waals surface area contributed by atoms with Crippen LogP contribution in [0.25, 0.3) is 0 Å². The van der Waals surface area contributed by atoms with Gasteiger partial charge in [0.15, 0.2) is 0 Å². The minimum absolute atomic E-state index is 0.0289. The van der Waals surface area contributed by atoms with Crippen molar-refractivity contribution in [3.63, 3.8) is 0 Å². The fraction of sp³-hybridized carbons (Fsp3) is 0.650. The van der Waals surface area contributed by atoms with Crippen molar-refractivity contribution in [2.24, 2.45) is 5.41 Å². The van der Waals surface area contributed by atoms with Gasteiger partial charge in [-0.3, -0.25) is 4.79 Å². The lowest BCUT2D eigenvalue weighted by Crippen LogP contribution is -2.61. The second-order valence-electron chi connectivity index (χ2n) is 8.31. The summed E-state index contributed by atoms with van der Waals surface area (Å²) in [6.07, 6.45) is 7.11. The molecule has 0 bridgehead atoms. The Bertz CT molecular complexity index is 758. The van der Waals surface area contributed by atoms with Crippen molar-refractivity contribution in [3.05, 3.63) is 29.8 Å². The van der Waals surface area contributed by atoms with Crippen LogP contribution < -0.4 is 10.1 Å². The summed E-state index contributed by atoms with van der Waals surface area (Å²) in [5, 5.41) is 3.07. The molecule has 2 fully saturated rings. The number of nitrogens with one attached hydrogen (secondary N) is 1. The highest BCUT2D eigenvalue weighted by molar-refractivity contribution is 7.90. The lowest BCUT2D eigenvalue weighted by molar-refractivity contribution is -0.143. The Morgan fingerprint density at radius 2 is 1.85 bits per heavy atom. The van der Waals surface area contributed by atoms with Crippen molar-refractivity contribution in [1.29, 1.82) is 0 Å². The van der Waals surface area contributed by atoms with Crippen LogP contribution in [-0.4, -0.2) is 39.5 Å². The molecule has 2 aliphatic carbocycles. The van der Waals surface area contributed by atoms with E-state index in [-0.39, 0.29) is 17.7 Å². The third-order valence-corrected chi connectivity index (χ3v) is 7.12. The quantitative estimate of drug-likeness (QED) is 0.791.